The highest BCUT2D eigenvalue weighted by molar-refractivity contribution is 7.98. The van der Waals surface area contributed by atoms with E-state index < -0.39 is 0 Å². The Kier molecular flexibility index (Phi) is 4.83. The van der Waals surface area contributed by atoms with Crippen LogP contribution >= 0.6 is 23.4 Å². The third-order valence-electron chi connectivity index (χ3n) is 3.71. The Hall–Kier alpha value is -1.04. The molecule has 4 nitrogen and oxygen atoms in total. The summed E-state index contributed by atoms with van der Waals surface area (Å²) >= 11 is 7.63. The van der Waals surface area contributed by atoms with Gasteiger partial charge in [-0.05, 0) is 37.5 Å². The maximum absolute atomic E-state index is 6.01. The van der Waals surface area contributed by atoms with E-state index in [0.717, 1.165) is 47.3 Å². The molecule has 1 aliphatic carbocycles. The van der Waals surface area contributed by atoms with Crippen molar-refractivity contribution in [3.8, 4) is 0 Å². The third-order valence-corrected chi connectivity index (χ3v) is 4.94. The Labute approximate surface area is 133 Å². The molecule has 1 fully saturated rings. The minimum atomic E-state index is 0.264. The van der Waals surface area contributed by atoms with Crippen LogP contribution in [0, 0.1) is 0 Å². The molecule has 0 aliphatic heterocycles. The number of aromatic nitrogens is 2. The first-order valence-electron chi connectivity index (χ1n) is 7.17. The van der Waals surface area contributed by atoms with Crippen LogP contribution in [0.3, 0.4) is 0 Å². The Balaban J connectivity index is 1.60. The predicted octanol–water partition coefficient (Wildman–Crippen LogP) is 4.00. The lowest BCUT2D eigenvalue weighted by molar-refractivity contribution is 0.297. The van der Waals surface area contributed by atoms with Crippen LogP contribution in [-0.2, 0) is 5.75 Å². The van der Waals surface area contributed by atoms with Crippen LogP contribution in [0.1, 0.15) is 43.3 Å². The average Bonchev–Trinajstić information content (AvgIpc) is 2.94. The fourth-order valence-electron chi connectivity index (χ4n) is 2.65. The highest BCUT2D eigenvalue weighted by atomic mass is 35.5. The van der Waals surface area contributed by atoms with Gasteiger partial charge in [-0.15, -0.1) is 11.8 Å². The number of hydrogen-bond donors (Lipinski definition) is 1. The van der Waals surface area contributed by atoms with Gasteiger partial charge in [0.2, 0.25) is 5.89 Å². The standard InChI is InChI=1S/C15H18ClN3OS/c16-11-4-2-6-13(8-11)21-9-14-18-15(20-19-14)10-3-1-5-12(17)7-10/h2,4,6,8,10,12H,1,3,5,7,9,17H2. The van der Waals surface area contributed by atoms with Gasteiger partial charge >= 0.3 is 0 Å². The van der Waals surface area contributed by atoms with Crippen LogP contribution < -0.4 is 5.73 Å². The van der Waals surface area contributed by atoms with Gasteiger partial charge in [0.05, 0.1) is 5.75 Å². The lowest BCUT2D eigenvalue weighted by atomic mass is 9.86. The maximum Gasteiger partial charge on any atom is 0.229 e. The molecule has 1 aromatic heterocycles. The van der Waals surface area contributed by atoms with Gasteiger partial charge in [0.25, 0.3) is 0 Å². The number of nitrogens with two attached hydrogens (primary N) is 1. The molecule has 0 spiro atoms. The van der Waals surface area contributed by atoms with E-state index in [4.69, 9.17) is 21.9 Å². The van der Waals surface area contributed by atoms with Crippen LogP contribution in [0.4, 0.5) is 0 Å². The summed E-state index contributed by atoms with van der Waals surface area (Å²) in [4.78, 5) is 5.62. The fraction of sp³-hybridized carbons (Fsp3) is 0.467. The summed E-state index contributed by atoms with van der Waals surface area (Å²) in [6.07, 6.45) is 4.28. The van der Waals surface area contributed by atoms with Crippen molar-refractivity contribution in [2.24, 2.45) is 5.73 Å². The van der Waals surface area contributed by atoms with Gasteiger partial charge in [0, 0.05) is 21.9 Å². The molecule has 112 valence electrons. The fourth-order valence-corrected chi connectivity index (χ4v) is 3.70. The van der Waals surface area contributed by atoms with Crippen molar-refractivity contribution in [2.75, 3.05) is 0 Å². The molecule has 1 heterocycles. The highest BCUT2D eigenvalue weighted by Gasteiger charge is 2.25. The summed E-state index contributed by atoms with van der Waals surface area (Å²) in [6.45, 7) is 0. The highest BCUT2D eigenvalue weighted by Crippen LogP contribution is 2.32. The lowest BCUT2D eigenvalue weighted by Crippen LogP contribution is -2.26. The van der Waals surface area contributed by atoms with Crippen molar-refractivity contribution >= 4 is 23.4 Å². The molecule has 6 heteroatoms. The second-order valence-corrected chi connectivity index (χ2v) is 6.90. The molecule has 0 saturated heterocycles. The van der Waals surface area contributed by atoms with Gasteiger partial charge in [-0.25, -0.2) is 0 Å². The normalized spacial score (nSPS) is 22.4. The maximum atomic E-state index is 6.01. The van der Waals surface area contributed by atoms with Gasteiger partial charge in [-0.3, -0.25) is 0 Å². The average molecular weight is 324 g/mol. The van der Waals surface area contributed by atoms with E-state index >= 15 is 0 Å². The summed E-state index contributed by atoms with van der Waals surface area (Å²) in [7, 11) is 0. The minimum Gasteiger partial charge on any atom is -0.339 e. The molecule has 0 bridgehead atoms. The Morgan fingerprint density at radius 2 is 2.29 bits per heavy atom. The summed E-state index contributed by atoms with van der Waals surface area (Å²) in [5.41, 5.74) is 6.01. The molecule has 0 radical (unpaired) electrons. The number of nitrogens with zero attached hydrogens (tertiary/aromatic N) is 2. The largest absolute Gasteiger partial charge is 0.339 e. The van der Waals surface area contributed by atoms with Gasteiger partial charge in [-0.2, -0.15) is 4.98 Å². The Bertz CT molecular complexity index is 604. The summed E-state index contributed by atoms with van der Waals surface area (Å²) in [5.74, 6) is 2.48. The van der Waals surface area contributed by atoms with E-state index in [2.05, 4.69) is 10.1 Å². The van der Waals surface area contributed by atoms with Gasteiger partial charge in [0.1, 0.15) is 0 Å². The second kappa shape index (κ2) is 6.81. The molecule has 21 heavy (non-hydrogen) atoms. The first kappa shape index (κ1) is 14.9. The molecule has 1 saturated carbocycles. The van der Waals surface area contributed by atoms with E-state index in [1.807, 2.05) is 24.3 Å². The first-order chi connectivity index (χ1) is 10.2. The van der Waals surface area contributed by atoms with E-state index in [1.54, 1.807) is 11.8 Å². The van der Waals surface area contributed by atoms with E-state index in [0.29, 0.717) is 11.7 Å². The zero-order chi connectivity index (χ0) is 14.7. The summed E-state index contributed by atoms with van der Waals surface area (Å²) < 4.78 is 5.41. The second-order valence-electron chi connectivity index (χ2n) is 5.42. The van der Waals surface area contributed by atoms with Crippen LogP contribution in [0.25, 0.3) is 0 Å². The quantitative estimate of drug-likeness (QED) is 0.861. The molecule has 0 amide bonds. The molecule has 2 unspecified atom stereocenters. The first-order valence-corrected chi connectivity index (χ1v) is 8.53. The van der Waals surface area contributed by atoms with Crippen LogP contribution in [-0.4, -0.2) is 16.2 Å². The molecule has 2 atom stereocenters. The lowest BCUT2D eigenvalue weighted by Gasteiger charge is -2.23. The number of hydrogen-bond acceptors (Lipinski definition) is 5. The van der Waals surface area contributed by atoms with Gasteiger partial charge < -0.3 is 10.3 Å². The van der Waals surface area contributed by atoms with E-state index in [9.17, 15) is 0 Å². The van der Waals surface area contributed by atoms with Crippen molar-refractivity contribution in [1.82, 2.24) is 10.1 Å². The van der Waals surface area contributed by atoms with Crippen LogP contribution in [0.2, 0.25) is 5.02 Å². The topological polar surface area (TPSA) is 64.9 Å². The minimum absolute atomic E-state index is 0.264. The van der Waals surface area contributed by atoms with Crippen molar-refractivity contribution in [3.63, 3.8) is 0 Å². The van der Waals surface area contributed by atoms with Crippen LogP contribution in [0.15, 0.2) is 33.7 Å². The smallest absolute Gasteiger partial charge is 0.229 e. The van der Waals surface area contributed by atoms with Crippen molar-refractivity contribution < 1.29 is 4.52 Å². The van der Waals surface area contributed by atoms with Crippen molar-refractivity contribution in [1.29, 1.82) is 0 Å². The molecule has 3 rings (SSSR count). The Morgan fingerprint density at radius 3 is 3.10 bits per heavy atom. The number of halogens is 1. The van der Waals surface area contributed by atoms with E-state index in [-0.39, 0.29) is 6.04 Å². The Morgan fingerprint density at radius 1 is 1.38 bits per heavy atom. The zero-order valence-electron chi connectivity index (χ0n) is 11.7. The van der Waals surface area contributed by atoms with Crippen molar-refractivity contribution in [2.45, 2.75) is 48.3 Å². The molecule has 2 aromatic rings. The van der Waals surface area contributed by atoms with Gasteiger partial charge in [-0.1, -0.05) is 29.2 Å². The summed E-state index contributed by atoms with van der Waals surface area (Å²) in [5, 5.41) is 4.81. The SMILES string of the molecule is NC1CCCC(c2nc(CSc3cccc(Cl)c3)no2)C1. The monoisotopic (exact) mass is 323 g/mol. The molecule has 2 N–H and O–H groups in total. The predicted molar refractivity (Wildman–Crippen MR) is 84.5 cm³/mol. The third kappa shape index (κ3) is 3.99. The van der Waals surface area contributed by atoms with Crippen LogP contribution in [0.5, 0.6) is 0 Å². The molecular weight excluding hydrogens is 306 g/mol. The molecule has 1 aliphatic rings. The number of rotatable bonds is 4. The van der Waals surface area contributed by atoms with Gasteiger partial charge in [0.15, 0.2) is 5.82 Å². The summed E-state index contributed by atoms with van der Waals surface area (Å²) in [6, 6.07) is 8.03. The number of thioether (sulfide) groups is 1. The molecule has 1 aromatic carbocycles. The van der Waals surface area contributed by atoms with Crippen molar-refractivity contribution in [3.05, 3.63) is 41.0 Å². The van der Waals surface area contributed by atoms with E-state index in [1.165, 1.54) is 0 Å². The number of benzene rings is 1. The molecular formula is C15H18ClN3OS. The zero-order valence-corrected chi connectivity index (χ0v) is 13.2.